The highest BCUT2D eigenvalue weighted by atomic mass is 16.5. The number of allylic oxidation sites excluding steroid dienone is 1. The lowest BCUT2D eigenvalue weighted by atomic mass is 9.90. The number of carbonyl (C=O) groups excluding carboxylic acids is 1. The van der Waals surface area contributed by atoms with Gasteiger partial charge in [0.25, 0.3) is 0 Å². The number of aliphatic hydroxyl groups excluding tert-OH is 1. The van der Waals surface area contributed by atoms with Crippen molar-refractivity contribution in [1.82, 2.24) is 0 Å². The number of furan rings is 1. The molecular formula is C15H22O5. The first-order valence-electron chi connectivity index (χ1n) is 6.63. The average Bonchev–Trinajstić information content (AvgIpc) is 2.94. The Labute approximate surface area is 118 Å². The summed E-state index contributed by atoms with van der Waals surface area (Å²) in [6.45, 7) is 1.60. The van der Waals surface area contributed by atoms with E-state index in [-0.39, 0.29) is 0 Å². The maximum atomic E-state index is 10.9. The van der Waals surface area contributed by atoms with Crippen LogP contribution in [0.15, 0.2) is 35.0 Å². The molecule has 0 aliphatic carbocycles. The van der Waals surface area contributed by atoms with Gasteiger partial charge in [-0.05, 0) is 38.3 Å². The molecule has 0 saturated heterocycles. The smallest absolute Gasteiger partial charge is 0.330 e. The van der Waals surface area contributed by atoms with E-state index >= 15 is 0 Å². The Morgan fingerprint density at radius 1 is 1.60 bits per heavy atom. The van der Waals surface area contributed by atoms with Gasteiger partial charge in [0.15, 0.2) is 0 Å². The molecule has 2 atom stereocenters. The standard InChI is InChI=1S/C15H22O5/c1-15(18,10-9-12-6-5-11-20-12)13(16)7-3-4-8-14(17)19-2/h4-6,8,11,13,16,18H,3,7,9-10H2,1-2H3/b8-4+/t13-,15+/m0/s1. The summed E-state index contributed by atoms with van der Waals surface area (Å²) >= 11 is 0. The van der Waals surface area contributed by atoms with E-state index in [9.17, 15) is 15.0 Å². The Kier molecular flexibility index (Phi) is 6.48. The first-order chi connectivity index (χ1) is 9.45. The van der Waals surface area contributed by atoms with Crippen LogP contribution in [-0.4, -0.2) is 35.0 Å². The summed E-state index contributed by atoms with van der Waals surface area (Å²) in [5.41, 5.74) is -1.19. The van der Waals surface area contributed by atoms with Gasteiger partial charge in [-0.3, -0.25) is 0 Å². The number of methoxy groups -OCH3 is 1. The van der Waals surface area contributed by atoms with Crippen molar-refractivity contribution >= 4 is 5.97 Å². The van der Waals surface area contributed by atoms with Crippen LogP contribution >= 0.6 is 0 Å². The number of carbonyl (C=O) groups is 1. The second kappa shape index (κ2) is 7.87. The summed E-state index contributed by atoms with van der Waals surface area (Å²) < 4.78 is 9.65. The number of rotatable bonds is 8. The van der Waals surface area contributed by atoms with Crippen LogP contribution in [0.3, 0.4) is 0 Å². The van der Waals surface area contributed by atoms with Crippen LogP contribution in [0.5, 0.6) is 0 Å². The normalized spacial score (nSPS) is 16.0. The topological polar surface area (TPSA) is 79.9 Å². The van der Waals surface area contributed by atoms with Gasteiger partial charge in [0.1, 0.15) is 5.76 Å². The average molecular weight is 282 g/mol. The molecule has 5 heteroatoms. The fourth-order valence-electron chi connectivity index (χ4n) is 1.81. The van der Waals surface area contributed by atoms with Crippen molar-refractivity contribution in [2.24, 2.45) is 0 Å². The number of hydrogen-bond acceptors (Lipinski definition) is 5. The fourth-order valence-corrected chi connectivity index (χ4v) is 1.81. The number of aliphatic hydroxyl groups is 2. The summed E-state index contributed by atoms with van der Waals surface area (Å²) in [7, 11) is 1.31. The van der Waals surface area contributed by atoms with Gasteiger partial charge in [0, 0.05) is 12.5 Å². The molecule has 112 valence electrons. The van der Waals surface area contributed by atoms with E-state index < -0.39 is 17.7 Å². The van der Waals surface area contributed by atoms with Gasteiger partial charge in [0.05, 0.1) is 25.1 Å². The second-order valence-corrected chi connectivity index (χ2v) is 4.96. The minimum Gasteiger partial charge on any atom is -0.469 e. The summed E-state index contributed by atoms with van der Waals surface area (Å²) in [6.07, 6.45) is 5.49. The van der Waals surface area contributed by atoms with Crippen LogP contribution in [0.4, 0.5) is 0 Å². The maximum absolute atomic E-state index is 10.9. The van der Waals surface area contributed by atoms with Gasteiger partial charge in [-0.25, -0.2) is 4.79 Å². The molecule has 0 unspecified atom stereocenters. The van der Waals surface area contributed by atoms with Gasteiger partial charge in [-0.2, -0.15) is 0 Å². The highest BCUT2D eigenvalue weighted by Crippen LogP contribution is 2.21. The van der Waals surface area contributed by atoms with Crippen molar-refractivity contribution < 1.29 is 24.2 Å². The Bertz CT molecular complexity index is 419. The molecule has 1 aromatic rings. The Morgan fingerprint density at radius 2 is 2.35 bits per heavy atom. The number of aryl methyl sites for hydroxylation is 1. The molecular weight excluding hydrogens is 260 g/mol. The predicted octanol–water partition coefficient (Wildman–Crippen LogP) is 1.83. The highest BCUT2D eigenvalue weighted by molar-refractivity contribution is 5.81. The van der Waals surface area contributed by atoms with Crippen molar-refractivity contribution in [2.45, 2.75) is 44.3 Å². The molecule has 20 heavy (non-hydrogen) atoms. The number of ether oxygens (including phenoxy) is 1. The van der Waals surface area contributed by atoms with Crippen LogP contribution in [0.2, 0.25) is 0 Å². The van der Waals surface area contributed by atoms with Crippen LogP contribution in [0.1, 0.15) is 31.9 Å². The van der Waals surface area contributed by atoms with E-state index in [1.54, 1.807) is 25.3 Å². The molecule has 0 aliphatic heterocycles. The predicted molar refractivity (Wildman–Crippen MR) is 74.0 cm³/mol. The SMILES string of the molecule is COC(=O)/C=C/CC[C@H](O)[C@](C)(O)CCc1ccco1. The summed E-state index contributed by atoms with van der Waals surface area (Å²) in [5.74, 6) is 0.354. The van der Waals surface area contributed by atoms with Crippen LogP contribution in [0, 0.1) is 0 Å². The van der Waals surface area contributed by atoms with E-state index in [2.05, 4.69) is 4.74 Å². The molecule has 0 saturated carbocycles. The van der Waals surface area contributed by atoms with Crippen molar-refractivity contribution in [3.63, 3.8) is 0 Å². The Balaban J connectivity index is 2.34. The Hall–Kier alpha value is -1.59. The first-order valence-corrected chi connectivity index (χ1v) is 6.63. The van der Waals surface area contributed by atoms with E-state index in [0.717, 1.165) is 5.76 Å². The molecule has 1 heterocycles. The second-order valence-electron chi connectivity index (χ2n) is 4.96. The van der Waals surface area contributed by atoms with Gasteiger partial charge in [-0.15, -0.1) is 0 Å². The minimum atomic E-state index is -1.19. The molecule has 0 aromatic carbocycles. The fraction of sp³-hybridized carbons (Fsp3) is 0.533. The quantitative estimate of drug-likeness (QED) is 0.561. The third-order valence-electron chi connectivity index (χ3n) is 3.24. The van der Waals surface area contributed by atoms with Crippen molar-refractivity contribution in [1.29, 1.82) is 0 Å². The van der Waals surface area contributed by atoms with Crippen LogP contribution in [-0.2, 0) is 16.0 Å². The zero-order valence-electron chi connectivity index (χ0n) is 11.9. The molecule has 2 N–H and O–H groups in total. The lowest BCUT2D eigenvalue weighted by molar-refractivity contribution is -0.134. The lowest BCUT2D eigenvalue weighted by Gasteiger charge is -2.28. The molecule has 0 fully saturated rings. The molecule has 0 bridgehead atoms. The number of esters is 1. The van der Waals surface area contributed by atoms with E-state index in [0.29, 0.717) is 25.7 Å². The number of hydrogen-bond donors (Lipinski definition) is 2. The molecule has 1 aromatic heterocycles. The van der Waals surface area contributed by atoms with Gasteiger partial charge in [0.2, 0.25) is 0 Å². The van der Waals surface area contributed by atoms with E-state index in [1.165, 1.54) is 13.2 Å². The van der Waals surface area contributed by atoms with Crippen molar-refractivity contribution in [3.05, 3.63) is 36.3 Å². The van der Waals surface area contributed by atoms with Gasteiger partial charge < -0.3 is 19.4 Å². The minimum absolute atomic E-state index is 0.374. The highest BCUT2D eigenvalue weighted by Gasteiger charge is 2.29. The largest absolute Gasteiger partial charge is 0.469 e. The molecule has 1 rings (SSSR count). The monoisotopic (exact) mass is 282 g/mol. The third kappa shape index (κ3) is 5.59. The molecule has 5 nitrogen and oxygen atoms in total. The van der Waals surface area contributed by atoms with Crippen LogP contribution in [0.25, 0.3) is 0 Å². The van der Waals surface area contributed by atoms with Gasteiger partial charge in [-0.1, -0.05) is 6.08 Å². The first kappa shape index (κ1) is 16.5. The van der Waals surface area contributed by atoms with E-state index in [1.807, 2.05) is 6.07 Å². The molecule has 0 spiro atoms. The zero-order valence-corrected chi connectivity index (χ0v) is 11.9. The van der Waals surface area contributed by atoms with Gasteiger partial charge >= 0.3 is 5.97 Å². The molecule has 0 aliphatic rings. The Morgan fingerprint density at radius 3 is 2.95 bits per heavy atom. The zero-order chi connectivity index (χ0) is 15.0. The molecule has 0 radical (unpaired) electrons. The van der Waals surface area contributed by atoms with Crippen molar-refractivity contribution in [3.8, 4) is 0 Å². The summed E-state index contributed by atoms with van der Waals surface area (Å²) in [4.78, 5) is 10.9. The summed E-state index contributed by atoms with van der Waals surface area (Å²) in [6, 6.07) is 3.62. The van der Waals surface area contributed by atoms with E-state index in [4.69, 9.17) is 4.42 Å². The summed E-state index contributed by atoms with van der Waals surface area (Å²) in [5, 5.41) is 20.2. The maximum Gasteiger partial charge on any atom is 0.330 e. The third-order valence-corrected chi connectivity index (χ3v) is 3.24. The lowest BCUT2D eigenvalue weighted by Crippen LogP contribution is -2.39. The van der Waals surface area contributed by atoms with Crippen LogP contribution < -0.4 is 0 Å². The molecule has 0 amide bonds. The van der Waals surface area contributed by atoms with Crippen molar-refractivity contribution in [2.75, 3.05) is 7.11 Å².